The summed E-state index contributed by atoms with van der Waals surface area (Å²) in [7, 11) is 0. The topological polar surface area (TPSA) is 41.1 Å². The highest BCUT2D eigenvalue weighted by atomic mass is 16.5. The Hall–Kier alpha value is -2.33. The van der Waals surface area contributed by atoms with E-state index in [-0.39, 0.29) is 6.10 Å². The minimum Gasteiger partial charge on any atom is -0.472 e. The number of hydrogen-bond acceptors (Lipinski definition) is 3. The van der Waals surface area contributed by atoms with Crippen LogP contribution in [0.4, 0.5) is 0 Å². The lowest BCUT2D eigenvalue weighted by Crippen LogP contribution is -2.58. The largest absolute Gasteiger partial charge is 0.472 e. The molecule has 2 unspecified atom stereocenters. The van der Waals surface area contributed by atoms with E-state index in [0.717, 1.165) is 17.0 Å². The van der Waals surface area contributed by atoms with Gasteiger partial charge in [-0.2, -0.15) is 0 Å². The SMILES string of the molecule is CC1C(Oc2ccc(-c3cccc4cc[nH]c34)cn2)C2CCN1CC2. The fourth-order valence-electron chi connectivity index (χ4n) is 4.53. The summed E-state index contributed by atoms with van der Waals surface area (Å²) in [5, 5.41) is 1.22. The van der Waals surface area contributed by atoms with Crippen molar-refractivity contribution in [3.05, 3.63) is 48.8 Å². The van der Waals surface area contributed by atoms with Gasteiger partial charge in [-0.1, -0.05) is 18.2 Å². The molecule has 5 heterocycles. The number of nitrogens with zero attached hydrogens (tertiary/aromatic N) is 2. The molecular weight excluding hydrogens is 310 g/mol. The number of aromatic amines is 1. The molecule has 0 radical (unpaired) electrons. The van der Waals surface area contributed by atoms with Gasteiger partial charge in [0, 0.05) is 35.6 Å². The number of rotatable bonds is 3. The van der Waals surface area contributed by atoms with E-state index < -0.39 is 0 Å². The van der Waals surface area contributed by atoms with E-state index in [4.69, 9.17) is 4.74 Å². The van der Waals surface area contributed by atoms with Crippen molar-refractivity contribution in [1.82, 2.24) is 14.9 Å². The third-order valence-corrected chi connectivity index (χ3v) is 5.98. The Balaban J connectivity index is 1.40. The molecule has 4 nitrogen and oxygen atoms in total. The van der Waals surface area contributed by atoms with E-state index in [1.54, 1.807) is 0 Å². The van der Waals surface area contributed by atoms with Crippen LogP contribution in [0.3, 0.4) is 0 Å². The monoisotopic (exact) mass is 333 g/mol. The quantitative estimate of drug-likeness (QED) is 0.785. The molecule has 3 saturated heterocycles. The first-order valence-corrected chi connectivity index (χ1v) is 9.23. The Labute approximate surface area is 147 Å². The van der Waals surface area contributed by atoms with Crippen molar-refractivity contribution < 1.29 is 4.74 Å². The maximum Gasteiger partial charge on any atom is 0.213 e. The second-order valence-electron chi connectivity index (χ2n) is 7.33. The number of piperidine rings is 3. The smallest absolute Gasteiger partial charge is 0.213 e. The highest BCUT2D eigenvalue weighted by Gasteiger charge is 2.41. The molecule has 0 spiro atoms. The van der Waals surface area contributed by atoms with Crippen molar-refractivity contribution >= 4 is 10.9 Å². The van der Waals surface area contributed by atoms with Crippen LogP contribution in [0.2, 0.25) is 0 Å². The molecule has 25 heavy (non-hydrogen) atoms. The second-order valence-corrected chi connectivity index (χ2v) is 7.33. The Kier molecular flexibility index (Phi) is 3.52. The van der Waals surface area contributed by atoms with Gasteiger partial charge in [-0.15, -0.1) is 0 Å². The summed E-state index contributed by atoms with van der Waals surface area (Å²) in [6.07, 6.45) is 6.68. The zero-order valence-corrected chi connectivity index (χ0v) is 14.5. The van der Waals surface area contributed by atoms with Crippen LogP contribution < -0.4 is 4.74 Å². The Morgan fingerprint density at radius 3 is 2.76 bits per heavy atom. The van der Waals surface area contributed by atoms with Gasteiger partial charge in [-0.3, -0.25) is 4.90 Å². The van der Waals surface area contributed by atoms with E-state index >= 15 is 0 Å². The molecule has 6 rings (SSSR count). The lowest BCUT2D eigenvalue weighted by atomic mass is 9.81. The van der Waals surface area contributed by atoms with Crippen molar-refractivity contribution in [3.63, 3.8) is 0 Å². The van der Waals surface area contributed by atoms with Crippen molar-refractivity contribution in [2.75, 3.05) is 13.1 Å². The predicted octanol–water partition coefficient (Wildman–Crippen LogP) is 4.09. The van der Waals surface area contributed by atoms with Gasteiger partial charge < -0.3 is 9.72 Å². The zero-order chi connectivity index (χ0) is 16.8. The van der Waals surface area contributed by atoms with Crippen LogP contribution >= 0.6 is 0 Å². The van der Waals surface area contributed by atoms with Crippen LogP contribution in [0, 0.1) is 5.92 Å². The highest BCUT2D eigenvalue weighted by Crippen LogP contribution is 2.35. The van der Waals surface area contributed by atoms with Crippen LogP contribution in [0.5, 0.6) is 5.88 Å². The number of pyridine rings is 1. The standard InChI is InChI=1S/C21H23N3O/c1-14-21(16-8-11-24(14)12-9-16)25-19-6-5-17(13-23-19)18-4-2-3-15-7-10-22-20(15)18/h2-7,10,13-14,16,21-22H,8-9,11-12H2,1H3. The van der Waals surface area contributed by atoms with Gasteiger partial charge in [-0.05, 0) is 56.3 Å². The number of ether oxygens (including phenoxy) is 1. The Morgan fingerprint density at radius 1 is 1.12 bits per heavy atom. The molecule has 3 aliphatic rings. The summed E-state index contributed by atoms with van der Waals surface area (Å²) in [5.41, 5.74) is 3.45. The van der Waals surface area contributed by atoms with Crippen molar-refractivity contribution in [2.24, 2.45) is 5.92 Å². The summed E-state index contributed by atoms with van der Waals surface area (Å²) in [6, 6.07) is 13.1. The molecule has 2 bridgehead atoms. The molecule has 0 saturated carbocycles. The van der Waals surface area contributed by atoms with Gasteiger partial charge in [0.2, 0.25) is 5.88 Å². The predicted molar refractivity (Wildman–Crippen MR) is 99.7 cm³/mol. The molecule has 2 atom stereocenters. The van der Waals surface area contributed by atoms with Crippen molar-refractivity contribution in [2.45, 2.75) is 31.9 Å². The maximum atomic E-state index is 6.30. The lowest BCUT2D eigenvalue weighted by molar-refractivity contribution is -0.0525. The van der Waals surface area contributed by atoms with Crippen LogP contribution in [0.25, 0.3) is 22.0 Å². The van der Waals surface area contributed by atoms with Crippen LogP contribution in [-0.2, 0) is 0 Å². The van der Waals surface area contributed by atoms with Gasteiger partial charge in [-0.25, -0.2) is 4.98 Å². The summed E-state index contributed by atoms with van der Waals surface area (Å²) in [4.78, 5) is 10.5. The number of H-pyrrole nitrogens is 1. The van der Waals surface area contributed by atoms with Gasteiger partial charge in [0.15, 0.2) is 0 Å². The van der Waals surface area contributed by atoms with E-state index in [0.29, 0.717) is 12.0 Å². The fourth-order valence-corrected chi connectivity index (χ4v) is 4.53. The molecule has 4 heteroatoms. The maximum absolute atomic E-state index is 6.30. The number of fused-ring (bicyclic) bond motifs is 4. The first kappa shape index (κ1) is 15.0. The summed E-state index contributed by atoms with van der Waals surface area (Å²) in [5.74, 6) is 1.42. The van der Waals surface area contributed by atoms with Crippen LogP contribution in [-0.4, -0.2) is 40.1 Å². The van der Waals surface area contributed by atoms with Crippen molar-refractivity contribution in [3.8, 4) is 17.0 Å². The van der Waals surface area contributed by atoms with Crippen LogP contribution in [0.15, 0.2) is 48.8 Å². The summed E-state index contributed by atoms with van der Waals surface area (Å²) >= 11 is 0. The summed E-state index contributed by atoms with van der Waals surface area (Å²) in [6.45, 7) is 4.73. The molecule has 3 aliphatic heterocycles. The Bertz CT molecular complexity index is 876. The first-order valence-electron chi connectivity index (χ1n) is 9.23. The van der Waals surface area contributed by atoms with Gasteiger partial charge in [0.25, 0.3) is 0 Å². The minimum absolute atomic E-state index is 0.271. The third-order valence-electron chi connectivity index (χ3n) is 5.98. The van der Waals surface area contributed by atoms with E-state index in [2.05, 4.69) is 52.1 Å². The number of aromatic nitrogens is 2. The number of nitrogens with one attached hydrogen (secondary N) is 1. The van der Waals surface area contributed by atoms with E-state index in [1.807, 2.05) is 18.5 Å². The second kappa shape index (κ2) is 5.88. The molecule has 128 valence electrons. The van der Waals surface area contributed by atoms with E-state index in [1.165, 1.54) is 36.9 Å². The van der Waals surface area contributed by atoms with Gasteiger partial charge in [0.05, 0.1) is 5.52 Å². The van der Waals surface area contributed by atoms with Crippen LogP contribution in [0.1, 0.15) is 19.8 Å². The summed E-state index contributed by atoms with van der Waals surface area (Å²) < 4.78 is 6.30. The number of para-hydroxylation sites is 1. The average Bonchev–Trinajstić information content (AvgIpc) is 3.14. The number of hydrogen-bond donors (Lipinski definition) is 1. The third kappa shape index (κ3) is 2.52. The normalized spacial score (nSPS) is 28.4. The van der Waals surface area contributed by atoms with Crippen molar-refractivity contribution in [1.29, 1.82) is 0 Å². The average molecular weight is 333 g/mol. The molecule has 0 aliphatic carbocycles. The molecule has 3 aromatic rings. The number of benzene rings is 1. The minimum atomic E-state index is 0.271. The molecule has 1 N–H and O–H groups in total. The highest BCUT2D eigenvalue weighted by molar-refractivity contribution is 5.93. The molecule has 1 aromatic carbocycles. The Morgan fingerprint density at radius 2 is 2.00 bits per heavy atom. The fraction of sp³-hybridized carbons (Fsp3) is 0.381. The lowest BCUT2D eigenvalue weighted by Gasteiger charge is -2.49. The van der Waals surface area contributed by atoms with Gasteiger partial charge >= 0.3 is 0 Å². The zero-order valence-electron chi connectivity index (χ0n) is 14.5. The molecule has 3 fully saturated rings. The molecule has 0 amide bonds. The molecule has 2 aromatic heterocycles. The van der Waals surface area contributed by atoms with E-state index in [9.17, 15) is 0 Å². The first-order chi connectivity index (χ1) is 12.3. The molecular formula is C21H23N3O. The van der Waals surface area contributed by atoms with Gasteiger partial charge in [0.1, 0.15) is 6.10 Å².